The van der Waals surface area contributed by atoms with Crippen LogP contribution in [0, 0.1) is 0 Å². The highest BCUT2D eigenvalue weighted by atomic mass is 35.5. The molecule has 0 fully saturated rings. The SMILES string of the molecule is CCOc1cc(/C=N\NC(=O)c2ccc(Cl)cc2)ccc1OC(=O)c1ccc(Cl)cc1. The quantitative estimate of drug-likeness (QED) is 0.224. The summed E-state index contributed by atoms with van der Waals surface area (Å²) in [6.07, 6.45) is 1.46. The molecular formula is C23H18Cl2N2O4. The number of rotatable bonds is 7. The lowest BCUT2D eigenvalue weighted by molar-refractivity contribution is 0.0728. The Bertz CT molecular complexity index is 1100. The Hall–Kier alpha value is -3.35. The van der Waals surface area contributed by atoms with Crippen molar-refractivity contribution in [2.45, 2.75) is 6.92 Å². The summed E-state index contributed by atoms with van der Waals surface area (Å²) in [6.45, 7) is 2.19. The van der Waals surface area contributed by atoms with Crippen LogP contribution in [-0.4, -0.2) is 24.7 Å². The lowest BCUT2D eigenvalue weighted by atomic mass is 10.2. The molecule has 0 aliphatic carbocycles. The fourth-order valence-electron chi connectivity index (χ4n) is 2.53. The summed E-state index contributed by atoms with van der Waals surface area (Å²) in [6, 6.07) is 17.8. The van der Waals surface area contributed by atoms with Gasteiger partial charge in [0.15, 0.2) is 11.5 Å². The summed E-state index contributed by atoms with van der Waals surface area (Å²) in [5.41, 5.74) is 3.88. The molecule has 1 N–H and O–H groups in total. The zero-order valence-electron chi connectivity index (χ0n) is 16.5. The Morgan fingerprint density at radius 1 is 0.903 bits per heavy atom. The van der Waals surface area contributed by atoms with E-state index >= 15 is 0 Å². The first-order valence-corrected chi connectivity index (χ1v) is 10.1. The van der Waals surface area contributed by atoms with Crippen LogP contribution in [0.15, 0.2) is 71.8 Å². The van der Waals surface area contributed by atoms with E-state index in [4.69, 9.17) is 32.7 Å². The molecule has 0 heterocycles. The second-order valence-electron chi connectivity index (χ2n) is 6.24. The van der Waals surface area contributed by atoms with Crippen LogP contribution < -0.4 is 14.9 Å². The Kier molecular flexibility index (Phi) is 7.65. The topological polar surface area (TPSA) is 77.0 Å². The van der Waals surface area contributed by atoms with Crippen molar-refractivity contribution in [1.82, 2.24) is 5.43 Å². The number of hydrogen-bond acceptors (Lipinski definition) is 5. The average molecular weight is 457 g/mol. The monoisotopic (exact) mass is 456 g/mol. The van der Waals surface area contributed by atoms with Gasteiger partial charge in [-0.15, -0.1) is 0 Å². The van der Waals surface area contributed by atoms with Gasteiger partial charge in [-0.25, -0.2) is 10.2 Å². The summed E-state index contributed by atoms with van der Waals surface area (Å²) in [4.78, 5) is 24.5. The molecule has 0 aliphatic rings. The third-order valence-electron chi connectivity index (χ3n) is 4.04. The van der Waals surface area contributed by atoms with Gasteiger partial charge in [-0.2, -0.15) is 5.10 Å². The van der Waals surface area contributed by atoms with Crippen molar-refractivity contribution in [3.05, 3.63) is 93.5 Å². The van der Waals surface area contributed by atoms with Gasteiger partial charge in [0.05, 0.1) is 18.4 Å². The third kappa shape index (κ3) is 6.31. The molecule has 0 atom stereocenters. The van der Waals surface area contributed by atoms with E-state index < -0.39 is 5.97 Å². The molecule has 0 unspecified atom stereocenters. The molecule has 0 saturated carbocycles. The number of carbonyl (C=O) groups is 2. The van der Waals surface area contributed by atoms with Crippen molar-refractivity contribution in [3.8, 4) is 11.5 Å². The Morgan fingerprint density at radius 3 is 2.13 bits per heavy atom. The molecule has 0 bridgehead atoms. The number of halogens is 2. The fourth-order valence-corrected chi connectivity index (χ4v) is 2.79. The fraction of sp³-hybridized carbons (Fsp3) is 0.0870. The number of amides is 1. The number of nitrogens with one attached hydrogen (secondary N) is 1. The molecule has 3 rings (SSSR count). The lowest BCUT2D eigenvalue weighted by Crippen LogP contribution is -2.17. The number of benzene rings is 3. The number of esters is 1. The molecule has 1 amide bonds. The number of ether oxygens (including phenoxy) is 2. The highest BCUT2D eigenvalue weighted by molar-refractivity contribution is 6.31. The predicted octanol–water partition coefficient (Wildman–Crippen LogP) is 5.38. The van der Waals surface area contributed by atoms with E-state index in [-0.39, 0.29) is 11.7 Å². The number of nitrogens with zero attached hydrogens (tertiary/aromatic N) is 1. The van der Waals surface area contributed by atoms with Crippen molar-refractivity contribution in [1.29, 1.82) is 0 Å². The third-order valence-corrected chi connectivity index (χ3v) is 4.54. The van der Waals surface area contributed by atoms with Gasteiger partial charge in [0.1, 0.15) is 0 Å². The van der Waals surface area contributed by atoms with Crippen LogP contribution in [0.25, 0.3) is 0 Å². The van der Waals surface area contributed by atoms with Gasteiger partial charge in [-0.05, 0) is 79.2 Å². The van der Waals surface area contributed by atoms with E-state index in [1.54, 1.807) is 66.7 Å². The minimum absolute atomic E-state index is 0.268. The van der Waals surface area contributed by atoms with Crippen LogP contribution in [0.1, 0.15) is 33.2 Å². The Morgan fingerprint density at radius 2 is 1.52 bits per heavy atom. The van der Waals surface area contributed by atoms with Gasteiger partial charge in [-0.3, -0.25) is 4.79 Å². The molecule has 0 aromatic heterocycles. The van der Waals surface area contributed by atoms with Crippen LogP contribution in [0.2, 0.25) is 10.0 Å². The first kappa shape index (κ1) is 22.3. The molecule has 0 radical (unpaired) electrons. The van der Waals surface area contributed by atoms with Gasteiger partial charge >= 0.3 is 5.97 Å². The van der Waals surface area contributed by atoms with Crippen molar-refractivity contribution in [2.75, 3.05) is 6.61 Å². The molecule has 158 valence electrons. The lowest BCUT2D eigenvalue weighted by Gasteiger charge is -2.11. The van der Waals surface area contributed by atoms with Crippen LogP contribution in [0.4, 0.5) is 0 Å². The van der Waals surface area contributed by atoms with E-state index in [2.05, 4.69) is 10.5 Å². The van der Waals surface area contributed by atoms with E-state index in [9.17, 15) is 9.59 Å². The highest BCUT2D eigenvalue weighted by Gasteiger charge is 2.13. The maximum Gasteiger partial charge on any atom is 0.343 e. The summed E-state index contributed by atoms with van der Waals surface area (Å²) < 4.78 is 11.0. The van der Waals surface area contributed by atoms with Crippen LogP contribution in [-0.2, 0) is 0 Å². The van der Waals surface area contributed by atoms with E-state index in [1.807, 2.05) is 6.92 Å². The molecule has 3 aromatic rings. The van der Waals surface area contributed by atoms with Gasteiger partial charge in [0.2, 0.25) is 0 Å². The normalized spacial score (nSPS) is 10.7. The van der Waals surface area contributed by atoms with Gasteiger partial charge in [0.25, 0.3) is 5.91 Å². The smallest absolute Gasteiger partial charge is 0.343 e. The summed E-state index contributed by atoms with van der Waals surface area (Å²) in [5.74, 6) is -0.261. The predicted molar refractivity (Wildman–Crippen MR) is 121 cm³/mol. The number of hydrogen-bond donors (Lipinski definition) is 1. The minimum Gasteiger partial charge on any atom is -0.490 e. The molecule has 0 spiro atoms. The summed E-state index contributed by atoms with van der Waals surface area (Å²) in [5, 5.41) is 5.02. The molecule has 31 heavy (non-hydrogen) atoms. The summed E-state index contributed by atoms with van der Waals surface area (Å²) in [7, 11) is 0. The minimum atomic E-state index is -0.533. The van der Waals surface area contributed by atoms with E-state index in [1.165, 1.54) is 6.21 Å². The van der Waals surface area contributed by atoms with Gasteiger partial charge in [0, 0.05) is 15.6 Å². The zero-order valence-corrected chi connectivity index (χ0v) is 18.0. The first-order chi connectivity index (χ1) is 15.0. The van der Waals surface area contributed by atoms with Crippen molar-refractivity contribution < 1.29 is 19.1 Å². The Balaban J connectivity index is 1.69. The largest absolute Gasteiger partial charge is 0.490 e. The standard InChI is InChI=1S/C23H18Cl2N2O4/c1-2-30-21-13-15(14-26-27-22(28)16-4-8-18(24)9-5-16)3-12-20(21)31-23(29)17-6-10-19(25)11-7-17/h3-14H,2H2,1H3,(H,27,28)/b26-14-. The first-order valence-electron chi connectivity index (χ1n) is 9.30. The van der Waals surface area contributed by atoms with Gasteiger partial charge in [-0.1, -0.05) is 23.2 Å². The van der Waals surface area contributed by atoms with Gasteiger partial charge < -0.3 is 9.47 Å². The van der Waals surface area contributed by atoms with Crippen LogP contribution in [0.5, 0.6) is 11.5 Å². The second kappa shape index (κ2) is 10.6. The zero-order chi connectivity index (χ0) is 22.2. The van der Waals surface area contributed by atoms with Crippen molar-refractivity contribution >= 4 is 41.3 Å². The molecule has 6 nitrogen and oxygen atoms in total. The molecule has 0 aliphatic heterocycles. The average Bonchev–Trinajstić information content (AvgIpc) is 2.76. The molecular weight excluding hydrogens is 439 g/mol. The Labute approximate surface area is 189 Å². The number of hydrazone groups is 1. The maximum atomic E-state index is 12.4. The van der Waals surface area contributed by atoms with Crippen molar-refractivity contribution in [2.24, 2.45) is 5.10 Å². The highest BCUT2D eigenvalue weighted by Crippen LogP contribution is 2.29. The van der Waals surface area contributed by atoms with Crippen molar-refractivity contribution in [3.63, 3.8) is 0 Å². The van der Waals surface area contributed by atoms with E-state index in [0.717, 1.165) is 0 Å². The molecule has 0 saturated heterocycles. The maximum absolute atomic E-state index is 12.4. The number of carbonyl (C=O) groups excluding carboxylic acids is 2. The summed E-state index contributed by atoms with van der Waals surface area (Å²) >= 11 is 11.7. The van der Waals surface area contributed by atoms with Crippen LogP contribution >= 0.6 is 23.2 Å². The second-order valence-corrected chi connectivity index (χ2v) is 7.11. The molecule has 3 aromatic carbocycles. The molecule has 8 heteroatoms. The van der Waals surface area contributed by atoms with E-state index in [0.29, 0.717) is 39.1 Å². The van der Waals surface area contributed by atoms with Crippen LogP contribution in [0.3, 0.4) is 0 Å².